The molecule has 4 bridgehead atoms. The van der Waals surface area contributed by atoms with Crippen LogP contribution in [0.1, 0.15) is 69.7 Å². The number of carbonyl (C=O) groups is 1. The topological polar surface area (TPSA) is 88.0 Å². The number of benzene rings is 2. The first kappa shape index (κ1) is 26.9. The van der Waals surface area contributed by atoms with E-state index >= 15 is 0 Å². The van der Waals surface area contributed by atoms with Gasteiger partial charge in [0.05, 0.1) is 11.0 Å². The lowest BCUT2D eigenvalue weighted by atomic mass is 9.48. The van der Waals surface area contributed by atoms with Crippen molar-refractivity contribution in [1.29, 1.82) is 0 Å². The molecule has 1 atom stereocenters. The van der Waals surface area contributed by atoms with Crippen molar-refractivity contribution in [2.75, 3.05) is 36.4 Å². The molecule has 5 fully saturated rings. The molecule has 1 aliphatic heterocycles. The van der Waals surface area contributed by atoms with Gasteiger partial charge in [0, 0.05) is 49.5 Å². The smallest absolute Gasteiger partial charge is 0.292 e. The quantitative estimate of drug-likeness (QED) is 0.306. The molecular weight excluding hydrogens is 504 g/mol. The van der Waals surface area contributed by atoms with E-state index in [1.165, 1.54) is 38.5 Å². The molecule has 0 aromatic heterocycles. The molecular formula is C32H42N4O4. The molecule has 8 nitrogen and oxygen atoms in total. The average molecular weight is 547 g/mol. The predicted octanol–water partition coefficient (Wildman–Crippen LogP) is 6.36. The number of carbonyl (C=O) groups excluding carboxylic acids is 1. The van der Waals surface area contributed by atoms with Crippen LogP contribution in [0, 0.1) is 33.3 Å². The first-order valence-corrected chi connectivity index (χ1v) is 15.0. The first-order chi connectivity index (χ1) is 19.2. The maximum absolute atomic E-state index is 13.1. The highest BCUT2D eigenvalue weighted by molar-refractivity contribution is 5.94. The van der Waals surface area contributed by atoms with Crippen molar-refractivity contribution in [3.8, 4) is 5.75 Å². The molecule has 2 aromatic carbocycles. The summed E-state index contributed by atoms with van der Waals surface area (Å²) >= 11 is 0. The Morgan fingerprint density at radius 1 is 0.950 bits per heavy atom. The molecule has 7 rings (SSSR count). The summed E-state index contributed by atoms with van der Waals surface area (Å²) in [6.45, 7) is 8.78. The summed E-state index contributed by atoms with van der Waals surface area (Å²) in [5.74, 6) is 3.29. The Morgan fingerprint density at radius 3 is 2.10 bits per heavy atom. The number of hydrogen-bond acceptors (Lipinski definition) is 6. The van der Waals surface area contributed by atoms with Crippen molar-refractivity contribution in [2.45, 2.75) is 71.4 Å². The Kier molecular flexibility index (Phi) is 7.13. The number of hydrogen-bond donors (Lipinski definition) is 1. The number of nitro benzene ring substituents is 1. The highest BCUT2D eigenvalue weighted by Crippen LogP contribution is 2.61. The fourth-order valence-electron chi connectivity index (χ4n) is 8.39. The van der Waals surface area contributed by atoms with Crippen LogP contribution in [-0.2, 0) is 0 Å². The second-order valence-corrected chi connectivity index (χ2v) is 13.1. The fraction of sp³-hybridized carbons (Fsp3) is 0.594. The molecule has 0 radical (unpaired) electrons. The number of nitro groups is 1. The third-order valence-corrected chi connectivity index (χ3v) is 9.96. The standard InChI is InChI=1S/C32H42N4O4/c1-21(2)40-28-7-4-26(5-8-28)31(37)35-12-10-34(11-13-35)27-6-9-30(36(38)39)29(17-27)33-22(3)32-18-23-14-24(19-32)16-25(15-23)20-32/h4-9,17,21-25,33H,10-16,18-20H2,1-3H3/t22-,23?,24?,25?,32?/m1/s1. The van der Waals surface area contributed by atoms with Gasteiger partial charge in [0.25, 0.3) is 11.6 Å². The zero-order valence-corrected chi connectivity index (χ0v) is 24.0. The zero-order chi connectivity index (χ0) is 28.0. The highest BCUT2D eigenvalue weighted by Gasteiger charge is 2.53. The molecule has 8 heteroatoms. The van der Waals surface area contributed by atoms with E-state index in [2.05, 4.69) is 17.1 Å². The van der Waals surface area contributed by atoms with Crippen LogP contribution in [-0.4, -0.2) is 54.1 Å². The third-order valence-electron chi connectivity index (χ3n) is 9.96. The zero-order valence-electron chi connectivity index (χ0n) is 24.0. The van der Waals surface area contributed by atoms with Gasteiger partial charge in [-0.05, 0) is 119 Å². The monoisotopic (exact) mass is 546 g/mol. The Morgan fingerprint density at radius 2 is 1.55 bits per heavy atom. The number of nitrogens with one attached hydrogen (secondary N) is 1. The number of ether oxygens (including phenoxy) is 1. The lowest BCUT2D eigenvalue weighted by Crippen LogP contribution is -2.53. The van der Waals surface area contributed by atoms with Crippen molar-refractivity contribution in [3.05, 3.63) is 58.1 Å². The van der Waals surface area contributed by atoms with E-state index in [0.29, 0.717) is 37.4 Å². The minimum Gasteiger partial charge on any atom is -0.491 e. The molecule has 214 valence electrons. The van der Waals surface area contributed by atoms with E-state index in [1.807, 2.05) is 55.1 Å². The van der Waals surface area contributed by atoms with Crippen LogP contribution in [0.2, 0.25) is 0 Å². The maximum Gasteiger partial charge on any atom is 0.292 e. The second-order valence-electron chi connectivity index (χ2n) is 13.1. The second kappa shape index (κ2) is 10.6. The number of piperazine rings is 1. The molecule has 4 saturated carbocycles. The van der Waals surface area contributed by atoms with Crippen LogP contribution in [0.4, 0.5) is 17.1 Å². The maximum atomic E-state index is 13.1. The Balaban J connectivity index is 1.12. The largest absolute Gasteiger partial charge is 0.491 e. The summed E-state index contributed by atoms with van der Waals surface area (Å²) < 4.78 is 5.70. The van der Waals surface area contributed by atoms with Crippen LogP contribution >= 0.6 is 0 Å². The molecule has 0 spiro atoms. The number of rotatable bonds is 8. The van der Waals surface area contributed by atoms with Gasteiger partial charge in [-0.3, -0.25) is 14.9 Å². The van der Waals surface area contributed by atoms with E-state index in [-0.39, 0.29) is 34.1 Å². The molecule has 1 heterocycles. The van der Waals surface area contributed by atoms with Gasteiger partial charge in [-0.25, -0.2) is 0 Å². The molecule has 1 amide bonds. The van der Waals surface area contributed by atoms with Gasteiger partial charge >= 0.3 is 0 Å². The van der Waals surface area contributed by atoms with Gasteiger partial charge in [-0.1, -0.05) is 0 Å². The van der Waals surface area contributed by atoms with E-state index in [1.54, 1.807) is 6.07 Å². The minimum atomic E-state index is -0.271. The fourth-order valence-corrected chi connectivity index (χ4v) is 8.39. The van der Waals surface area contributed by atoms with Crippen LogP contribution < -0.4 is 15.0 Å². The molecule has 5 aliphatic rings. The van der Waals surface area contributed by atoms with Crippen molar-refractivity contribution in [2.24, 2.45) is 23.2 Å². The normalized spacial score (nSPS) is 28.1. The lowest BCUT2D eigenvalue weighted by Gasteiger charge is -2.59. The van der Waals surface area contributed by atoms with Gasteiger partial charge in [0.1, 0.15) is 11.4 Å². The Labute approximate surface area is 237 Å². The van der Waals surface area contributed by atoms with Crippen molar-refractivity contribution in [3.63, 3.8) is 0 Å². The first-order valence-electron chi connectivity index (χ1n) is 15.0. The van der Waals surface area contributed by atoms with Crippen molar-refractivity contribution in [1.82, 2.24) is 4.90 Å². The van der Waals surface area contributed by atoms with E-state index in [9.17, 15) is 14.9 Å². The summed E-state index contributed by atoms with van der Waals surface area (Å²) in [5, 5.41) is 15.6. The molecule has 1 N–H and O–H groups in total. The van der Waals surface area contributed by atoms with Gasteiger partial charge < -0.3 is 19.9 Å². The number of nitrogens with zero attached hydrogens (tertiary/aromatic N) is 3. The number of anilines is 2. The lowest BCUT2D eigenvalue weighted by molar-refractivity contribution is -0.384. The van der Waals surface area contributed by atoms with E-state index in [4.69, 9.17) is 4.74 Å². The molecule has 1 saturated heterocycles. The van der Waals surface area contributed by atoms with Gasteiger partial charge in [-0.2, -0.15) is 0 Å². The van der Waals surface area contributed by atoms with E-state index in [0.717, 1.165) is 29.2 Å². The van der Waals surface area contributed by atoms with Gasteiger partial charge in [0.2, 0.25) is 0 Å². The summed E-state index contributed by atoms with van der Waals surface area (Å²) in [5.41, 5.74) is 2.63. The average Bonchev–Trinajstić information content (AvgIpc) is 2.92. The summed E-state index contributed by atoms with van der Waals surface area (Å²) in [6.07, 6.45) is 8.00. The summed E-state index contributed by atoms with van der Waals surface area (Å²) in [7, 11) is 0. The Hall–Kier alpha value is -3.29. The molecule has 4 aliphatic carbocycles. The van der Waals surface area contributed by atoms with Crippen LogP contribution in [0.5, 0.6) is 5.75 Å². The summed E-state index contributed by atoms with van der Waals surface area (Å²) in [4.78, 5) is 28.9. The summed E-state index contributed by atoms with van der Waals surface area (Å²) in [6, 6.07) is 13.0. The number of amides is 1. The van der Waals surface area contributed by atoms with Crippen molar-refractivity contribution >= 4 is 23.0 Å². The van der Waals surface area contributed by atoms with Crippen LogP contribution in [0.3, 0.4) is 0 Å². The van der Waals surface area contributed by atoms with Crippen LogP contribution in [0.25, 0.3) is 0 Å². The van der Waals surface area contributed by atoms with Crippen molar-refractivity contribution < 1.29 is 14.5 Å². The van der Waals surface area contributed by atoms with E-state index < -0.39 is 0 Å². The molecule has 40 heavy (non-hydrogen) atoms. The highest BCUT2D eigenvalue weighted by atomic mass is 16.6. The SMILES string of the molecule is CC(C)Oc1ccc(C(=O)N2CCN(c3ccc([N+](=O)[O-])c(N[C@H](C)C45CC6CC(CC(C6)C4)C5)c3)CC2)cc1. The van der Waals surface area contributed by atoms with Crippen LogP contribution in [0.15, 0.2) is 42.5 Å². The molecule has 2 aromatic rings. The predicted molar refractivity (Wildman–Crippen MR) is 157 cm³/mol. The van der Waals surface area contributed by atoms with Gasteiger partial charge in [0.15, 0.2) is 0 Å². The molecule has 0 unspecified atom stereocenters. The Bertz CT molecular complexity index is 1220. The third kappa shape index (κ3) is 5.25. The van der Waals surface area contributed by atoms with Gasteiger partial charge in [-0.15, -0.1) is 0 Å². The minimum absolute atomic E-state index is 0.0196.